The van der Waals surface area contributed by atoms with E-state index in [2.05, 4.69) is 0 Å². The normalized spacial score (nSPS) is 14.8. The van der Waals surface area contributed by atoms with E-state index in [4.69, 9.17) is 14.2 Å². The summed E-state index contributed by atoms with van der Waals surface area (Å²) in [5.74, 6) is 1.13. The standard InChI is InChI=1S/C18H26N2O5/c1-23-13-8-17(21)19-9-5-10-20(12-11-19)18(22)14-25-16-7-4-3-6-15(16)24-2/h3-4,6-7H,5,8-14H2,1-2H3. The van der Waals surface area contributed by atoms with Crippen LogP contribution in [0, 0.1) is 0 Å². The number of nitrogens with zero attached hydrogens (tertiary/aromatic N) is 2. The lowest BCUT2D eigenvalue weighted by Gasteiger charge is -2.22. The molecule has 2 amide bonds. The highest BCUT2D eigenvalue weighted by molar-refractivity contribution is 5.79. The summed E-state index contributed by atoms with van der Waals surface area (Å²) in [6, 6.07) is 7.23. The van der Waals surface area contributed by atoms with Crippen LogP contribution in [-0.4, -0.2) is 75.2 Å². The van der Waals surface area contributed by atoms with Crippen LogP contribution in [0.2, 0.25) is 0 Å². The quantitative estimate of drug-likeness (QED) is 0.738. The van der Waals surface area contributed by atoms with Crippen molar-refractivity contribution in [2.24, 2.45) is 0 Å². The molecule has 0 radical (unpaired) electrons. The Morgan fingerprint density at radius 1 is 0.960 bits per heavy atom. The molecule has 1 aliphatic heterocycles. The average molecular weight is 350 g/mol. The summed E-state index contributed by atoms with van der Waals surface area (Å²) in [6.45, 7) is 2.74. The molecule has 1 saturated heterocycles. The monoisotopic (exact) mass is 350 g/mol. The smallest absolute Gasteiger partial charge is 0.260 e. The fraction of sp³-hybridized carbons (Fsp3) is 0.556. The molecule has 1 aromatic rings. The lowest BCUT2D eigenvalue weighted by atomic mass is 10.3. The van der Waals surface area contributed by atoms with Gasteiger partial charge in [0.15, 0.2) is 18.1 Å². The summed E-state index contributed by atoms with van der Waals surface area (Å²) in [7, 11) is 3.14. The molecule has 0 atom stereocenters. The molecular weight excluding hydrogens is 324 g/mol. The Kier molecular flexibility index (Phi) is 7.53. The van der Waals surface area contributed by atoms with Crippen LogP contribution in [0.5, 0.6) is 11.5 Å². The predicted octanol–water partition coefficient (Wildman–Crippen LogP) is 1.17. The summed E-state index contributed by atoms with van der Waals surface area (Å²) in [5, 5.41) is 0. The van der Waals surface area contributed by atoms with Crippen molar-refractivity contribution >= 4 is 11.8 Å². The van der Waals surface area contributed by atoms with Gasteiger partial charge in [0, 0.05) is 33.3 Å². The first-order valence-corrected chi connectivity index (χ1v) is 8.46. The van der Waals surface area contributed by atoms with E-state index in [9.17, 15) is 9.59 Å². The van der Waals surface area contributed by atoms with Gasteiger partial charge in [0.05, 0.1) is 20.1 Å². The van der Waals surface area contributed by atoms with Gasteiger partial charge < -0.3 is 24.0 Å². The summed E-state index contributed by atoms with van der Waals surface area (Å²) >= 11 is 0. The van der Waals surface area contributed by atoms with Crippen molar-refractivity contribution in [2.75, 3.05) is 53.6 Å². The molecule has 25 heavy (non-hydrogen) atoms. The second kappa shape index (κ2) is 9.88. The maximum absolute atomic E-state index is 12.4. The molecule has 0 bridgehead atoms. The number of rotatable bonds is 7. The van der Waals surface area contributed by atoms with Crippen LogP contribution in [0.4, 0.5) is 0 Å². The van der Waals surface area contributed by atoms with Gasteiger partial charge in [-0.15, -0.1) is 0 Å². The van der Waals surface area contributed by atoms with E-state index < -0.39 is 0 Å². The molecule has 0 aliphatic carbocycles. The lowest BCUT2D eigenvalue weighted by molar-refractivity contribution is -0.135. The van der Waals surface area contributed by atoms with E-state index in [0.717, 1.165) is 6.42 Å². The largest absolute Gasteiger partial charge is 0.493 e. The van der Waals surface area contributed by atoms with Crippen molar-refractivity contribution in [3.63, 3.8) is 0 Å². The van der Waals surface area contributed by atoms with Crippen molar-refractivity contribution in [3.05, 3.63) is 24.3 Å². The van der Waals surface area contributed by atoms with E-state index in [-0.39, 0.29) is 18.4 Å². The van der Waals surface area contributed by atoms with Crippen molar-refractivity contribution < 1.29 is 23.8 Å². The number of hydrogen-bond acceptors (Lipinski definition) is 5. The van der Waals surface area contributed by atoms with Crippen molar-refractivity contribution in [1.82, 2.24) is 9.80 Å². The van der Waals surface area contributed by atoms with Gasteiger partial charge in [-0.25, -0.2) is 0 Å². The van der Waals surface area contributed by atoms with Crippen LogP contribution in [0.15, 0.2) is 24.3 Å². The van der Waals surface area contributed by atoms with Gasteiger partial charge in [0.2, 0.25) is 5.91 Å². The van der Waals surface area contributed by atoms with E-state index in [1.165, 1.54) is 0 Å². The van der Waals surface area contributed by atoms with Crippen LogP contribution in [0.3, 0.4) is 0 Å². The summed E-state index contributed by atoms with van der Waals surface area (Å²) in [4.78, 5) is 28.0. The van der Waals surface area contributed by atoms with Gasteiger partial charge in [-0.2, -0.15) is 0 Å². The molecule has 1 fully saturated rings. The number of methoxy groups -OCH3 is 2. The molecule has 2 rings (SSSR count). The first kappa shape index (κ1) is 19.1. The SMILES string of the molecule is COCCC(=O)N1CCCN(C(=O)COc2ccccc2OC)CC1. The van der Waals surface area contributed by atoms with Crippen LogP contribution in [0.1, 0.15) is 12.8 Å². The summed E-state index contributed by atoms with van der Waals surface area (Å²) < 4.78 is 15.8. The Labute approximate surface area is 148 Å². The molecule has 1 aliphatic rings. The van der Waals surface area contributed by atoms with Crippen molar-refractivity contribution in [1.29, 1.82) is 0 Å². The maximum Gasteiger partial charge on any atom is 0.260 e. The third-order valence-electron chi connectivity index (χ3n) is 4.14. The molecule has 7 nitrogen and oxygen atoms in total. The number of ether oxygens (including phenoxy) is 3. The van der Waals surface area contributed by atoms with Gasteiger partial charge in [0.25, 0.3) is 5.91 Å². The minimum absolute atomic E-state index is 0.0437. The first-order chi connectivity index (χ1) is 12.2. The second-order valence-electron chi connectivity index (χ2n) is 5.80. The molecular formula is C18H26N2O5. The van der Waals surface area contributed by atoms with Gasteiger partial charge >= 0.3 is 0 Å². The molecule has 138 valence electrons. The lowest BCUT2D eigenvalue weighted by Crippen LogP contribution is -2.39. The molecule has 0 spiro atoms. The summed E-state index contributed by atoms with van der Waals surface area (Å²) in [6.07, 6.45) is 1.14. The Morgan fingerprint density at radius 3 is 2.24 bits per heavy atom. The minimum Gasteiger partial charge on any atom is -0.493 e. The van der Waals surface area contributed by atoms with E-state index in [1.807, 2.05) is 12.1 Å². The Bertz CT molecular complexity index is 578. The molecule has 7 heteroatoms. The topological polar surface area (TPSA) is 68.3 Å². The zero-order chi connectivity index (χ0) is 18.1. The van der Waals surface area contributed by atoms with Crippen molar-refractivity contribution in [3.8, 4) is 11.5 Å². The van der Waals surface area contributed by atoms with Gasteiger partial charge in [-0.1, -0.05) is 12.1 Å². The first-order valence-electron chi connectivity index (χ1n) is 8.46. The zero-order valence-corrected chi connectivity index (χ0v) is 14.9. The van der Waals surface area contributed by atoms with Crippen LogP contribution in [-0.2, 0) is 14.3 Å². The number of benzene rings is 1. The fourth-order valence-electron chi connectivity index (χ4n) is 2.73. The van der Waals surface area contributed by atoms with Crippen LogP contribution < -0.4 is 9.47 Å². The number of amides is 2. The van der Waals surface area contributed by atoms with Crippen LogP contribution >= 0.6 is 0 Å². The van der Waals surface area contributed by atoms with E-state index >= 15 is 0 Å². The maximum atomic E-state index is 12.4. The highest BCUT2D eigenvalue weighted by Crippen LogP contribution is 2.25. The Hall–Kier alpha value is -2.28. The van der Waals surface area contributed by atoms with Gasteiger partial charge in [-0.3, -0.25) is 9.59 Å². The molecule has 0 saturated carbocycles. The third kappa shape index (κ3) is 5.63. The number of para-hydroxylation sites is 2. The van der Waals surface area contributed by atoms with Gasteiger partial charge in [0.1, 0.15) is 0 Å². The Morgan fingerprint density at radius 2 is 1.60 bits per heavy atom. The molecule has 0 aromatic heterocycles. The summed E-state index contributed by atoms with van der Waals surface area (Å²) in [5.41, 5.74) is 0. The second-order valence-corrected chi connectivity index (χ2v) is 5.80. The predicted molar refractivity (Wildman–Crippen MR) is 92.8 cm³/mol. The molecule has 0 N–H and O–H groups in total. The zero-order valence-electron chi connectivity index (χ0n) is 14.9. The Balaban J connectivity index is 1.83. The minimum atomic E-state index is -0.0860. The van der Waals surface area contributed by atoms with Crippen LogP contribution in [0.25, 0.3) is 0 Å². The van der Waals surface area contributed by atoms with Crippen molar-refractivity contribution in [2.45, 2.75) is 12.8 Å². The molecule has 0 unspecified atom stereocenters. The highest BCUT2D eigenvalue weighted by atomic mass is 16.5. The highest BCUT2D eigenvalue weighted by Gasteiger charge is 2.22. The third-order valence-corrected chi connectivity index (χ3v) is 4.14. The van der Waals surface area contributed by atoms with E-state index in [0.29, 0.717) is 50.7 Å². The fourth-order valence-corrected chi connectivity index (χ4v) is 2.73. The number of carbonyl (C=O) groups is 2. The number of hydrogen-bond donors (Lipinski definition) is 0. The van der Waals surface area contributed by atoms with Gasteiger partial charge in [-0.05, 0) is 18.6 Å². The average Bonchev–Trinajstić information content (AvgIpc) is 2.90. The number of carbonyl (C=O) groups excluding carboxylic acids is 2. The molecule has 1 aromatic carbocycles. The van der Waals surface area contributed by atoms with E-state index in [1.54, 1.807) is 36.2 Å². The molecule has 1 heterocycles.